The van der Waals surface area contributed by atoms with Crippen LogP contribution in [0.3, 0.4) is 0 Å². The summed E-state index contributed by atoms with van der Waals surface area (Å²) in [4.78, 5) is 13.8. The number of halogens is 1. The molecular formula is C16H16ClN3O. The number of carbonyl (C=O) groups excluding carboxylic acids is 1. The molecule has 0 bridgehead atoms. The van der Waals surface area contributed by atoms with Gasteiger partial charge in [0.25, 0.3) is 0 Å². The Labute approximate surface area is 128 Å². The maximum absolute atomic E-state index is 11.9. The Morgan fingerprint density at radius 2 is 1.81 bits per heavy atom. The topological polar surface area (TPSA) is 72.3 Å². The van der Waals surface area contributed by atoms with Crippen molar-refractivity contribution in [2.75, 3.05) is 4.90 Å². The molecule has 2 atom stereocenters. The summed E-state index contributed by atoms with van der Waals surface area (Å²) < 4.78 is 0. The van der Waals surface area contributed by atoms with Gasteiger partial charge in [-0.2, -0.15) is 0 Å². The summed E-state index contributed by atoms with van der Waals surface area (Å²) >= 11 is 6.44. The third-order valence-electron chi connectivity index (χ3n) is 3.79. The van der Waals surface area contributed by atoms with E-state index >= 15 is 0 Å². The highest BCUT2D eigenvalue weighted by Gasteiger charge is 2.41. The number of amides is 1. The molecule has 4 nitrogen and oxygen atoms in total. The second-order valence-corrected chi connectivity index (χ2v) is 5.52. The molecule has 2 unspecified atom stereocenters. The Morgan fingerprint density at radius 3 is 2.43 bits per heavy atom. The molecule has 0 aliphatic carbocycles. The van der Waals surface area contributed by atoms with E-state index in [-0.39, 0.29) is 0 Å². The molecule has 1 amide bonds. The molecule has 108 valence electrons. The minimum Gasteiger partial charge on any atom is -0.368 e. The van der Waals surface area contributed by atoms with Gasteiger partial charge < -0.3 is 16.4 Å². The zero-order valence-corrected chi connectivity index (χ0v) is 12.1. The van der Waals surface area contributed by atoms with Crippen LogP contribution in [-0.4, -0.2) is 11.9 Å². The summed E-state index contributed by atoms with van der Waals surface area (Å²) in [5, 5.41) is -0.451. The number of alkyl halides is 1. The minimum absolute atomic E-state index is 0.436. The van der Waals surface area contributed by atoms with E-state index in [1.807, 2.05) is 53.4 Å². The van der Waals surface area contributed by atoms with Crippen molar-refractivity contribution in [3.63, 3.8) is 0 Å². The van der Waals surface area contributed by atoms with Gasteiger partial charge in [-0.15, -0.1) is 11.6 Å². The van der Waals surface area contributed by atoms with Gasteiger partial charge in [0.15, 0.2) is 0 Å². The summed E-state index contributed by atoms with van der Waals surface area (Å²) in [6.45, 7) is 0.480. The van der Waals surface area contributed by atoms with E-state index in [4.69, 9.17) is 23.1 Å². The van der Waals surface area contributed by atoms with Crippen LogP contribution in [0.2, 0.25) is 0 Å². The number of benzene rings is 2. The second kappa shape index (κ2) is 5.39. The first-order valence-corrected chi connectivity index (χ1v) is 7.17. The molecule has 0 radical (unpaired) electrons. The number of para-hydroxylation sites is 1. The van der Waals surface area contributed by atoms with Crippen molar-refractivity contribution < 1.29 is 4.79 Å². The van der Waals surface area contributed by atoms with Crippen LogP contribution in [0.4, 0.5) is 11.4 Å². The molecule has 3 rings (SSSR count). The lowest BCUT2D eigenvalue weighted by molar-refractivity contribution is -0.119. The summed E-state index contributed by atoms with van der Waals surface area (Å²) in [7, 11) is 0. The van der Waals surface area contributed by atoms with Crippen molar-refractivity contribution in [3.05, 3.63) is 59.7 Å². The molecule has 1 aliphatic heterocycles. The Bertz CT molecular complexity index is 671. The maximum Gasteiger partial charge on any atom is 0.242 e. The number of carbonyl (C=O) groups is 1. The lowest BCUT2D eigenvalue weighted by atomic mass is 10.1. The first-order chi connectivity index (χ1) is 10.1. The zero-order valence-electron chi connectivity index (χ0n) is 11.4. The van der Waals surface area contributed by atoms with Gasteiger partial charge in [0.2, 0.25) is 5.91 Å². The van der Waals surface area contributed by atoms with Gasteiger partial charge in [0.1, 0.15) is 6.04 Å². The van der Waals surface area contributed by atoms with E-state index in [1.54, 1.807) is 0 Å². The number of anilines is 2. The van der Waals surface area contributed by atoms with Crippen molar-refractivity contribution in [3.8, 4) is 0 Å². The molecule has 2 aromatic carbocycles. The lowest BCUT2D eigenvalue weighted by Crippen LogP contribution is -2.41. The molecule has 0 fully saturated rings. The van der Waals surface area contributed by atoms with Crippen molar-refractivity contribution in [2.24, 2.45) is 11.5 Å². The molecule has 1 heterocycles. The number of nitrogens with two attached hydrogens (primary N) is 2. The maximum atomic E-state index is 11.9. The highest BCUT2D eigenvalue weighted by molar-refractivity contribution is 6.25. The van der Waals surface area contributed by atoms with E-state index in [1.165, 1.54) is 0 Å². The largest absolute Gasteiger partial charge is 0.368 e. The van der Waals surface area contributed by atoms with E-state index in [0.29, 0.717) is 6.54 Å². The SMILES string of the molecule is NCc1ccc(N2c3ccccc3C(Cl)C2C(N)=O)cc1. The number of nitrogens with zero attached hydrogens (tertiary/aromatic N) is 1. The van der Waals surface area contributed by atoms with Crippen LogP contribution >= 0.6 is 11.6 Å². The predicted octanol–water partition coefficient (Wildman–Crippen LogP) is 2.43. The van der Waals surface area contributed by atoms with Crippen LogP contribution in [0.15, 0.2) is 48.5 Å². The number of primary amides is 1. The van der Waals surface area contributed by atoms with E-state index in [9.17, 15) is 4.79 Å². The Balaban J connectivity index is 2.10. The third-order valence-corrected chi connectivity index (χ3v) is 4.26. The summed E-state index contributed by atoms with van der Waals surface area (Å²) in [5.41, 5.74) is 14.9. The van der Waals surface area contributed by atoms with Gasteiger partial charge in [-0.05, 0) is 29.3 Å². The van der Waals surface area contributed by atoms with Crippen LogP contribution in [-0.2, 0) is 11.3 Å². The van der Waals surface area contributed by atoms with Crippen molar-refractivity contribution in [1.82, 2.24) is 0 Å². The highest BCUT2D eigenvalue weighted by Crippen LogP contribution is 2.46. The molecular weight excluding hydrogens is 286 g/mol. The summed E-state index contributed by atoms with van der Waals surface area (Å²) in [6, 6.07) is 14.9. The van der Waals surface area contributed by atoms with Gasteiger partial charge >= 0.3 is 0 Å². The first-order valence-electron chi connectivity index (χ1n) is 6.74. The molecule has 2 aromatic rings. The lowest BCUT2D eigenvalue weighted by Gasteiger charge is -2.26. The van der Waals surface area contributed by atoms with Gasteiger partial charge in [-0.1, -0.05) is 30.3 Å². The van der Waals surface area contributed by atoms with E-state index < -0.39 is 17.3 Å². The van der Waals surface area contributed by atoms with Gasteiger partial charge in [-0.3, -0.25) is 4.79 Å². The monoisotopic (exact) mass is 301 g/mol. The molecule has 5 heteroatoms. The first kappa shape index (κ1) is 13.9. The van der Waals surface area contributed by atoms with E-state index in [0.717, 1.165) is 22.5 Å². The molecule has 0 spiro atoms. The second-order valence-electron chi connectivity index (χ2n) is 5.05. The third kappa shape index (κ3) is 2.26. The highest BCUT2D eigenvalue weighted by atomic mass is 35.5. The fourth-order valence-electron chi connectivity index (χ4n) is 2.75. The van der Waals surface area contributed by atoms with Crippen molar-refractivity contribution in [1.29, 1.82) is 0 Å². The fourth-order valence-corrected chi connectivity index (χ4v) is 3.18. The Hall–Kier alpha value is -2.04. The van der Waals surface area contributed by atoms with Gasteiger partial charge in [-0.25, -0.2) is 0 Å². The summed E-state index contributed by atoms with van der Waals surface area (Å²) in [6.07, 6.45) is 0. The van der Waals surface area contributed by atoms with Gasteiger partial charge in [0, 0.05) is 17.9 Å². The molecule has 4 N–H and O–H groups in total. The van der Waals surface area contributed by atoms with Crippen LogP contribution in [0.1, 0.15) is 16.5 Å². The van der Waals surface area contributed by atoms with Crippen molar-refractivity contribution in [2.45, 2.75) is 18.0 Å². The number of hydrogen-bond donors (Lipinski definition) is 2. The minimum atomic E-state index is -0.590. The molecule has 0 saturated heterocycles. The van der Waals surface area contributed by atoms with Crippen LogP contribution in [0.5, 0.6) is 0 Å². The zero-order chi connectivity index (χ0) is 15.0. The fraction of sp³-hybridized carbons (Fsp3) is 0.188. The summed E-state index contributed by atoms with van der Waals surface area (Å²) in [5.74, 6) is -0.436. The average Bonchev–Trinajstić information content (AvgIpc) is 2.81. The smallest absolute Gasteiger partial charge is 0.242 e. The normalized spacial score (nSPS) is 20.4. The number of rotatable bonds is 3. The molecule has 21 heavy (non-hydrogen) atoms. The quantitative estimate of drug-likeness (QED) is 0.855. The van der Waals surface area contributed by atoms with Crippen LogP contribution < -0.4 is 16.4 Å². The van der Waals surface area contributed by atoms with Crippen molar-refractivity contribution >= 4 is 28.9 Å². The average molecular weight is 302 g/mol. The van der Waals surface area contributed by atoms with Gasteiger partial charge in [0.05, 0.1) is 5.38 Å². The Kier molecular flexibility index (Phi) is 3.57. The van der Waals surface area contributed by atoms with Crippen LogP contribution in [0.25, 0.3) is 0 Å². The predicted molar refractivity (Wildman–Crippen MR) is 84.5 cm³/mol. The number of hydrogen-bond acceptors (Lipinski definition) is 3. The molecule has 1 aliphatic rings. The number of fused-ring (bicyclic) bond motifs is 1. The van der Waals surface area contributed by atoms with Crippen LogP contribution in [0, 0.1) is 0 Å². The molecule has 0 saturated carbocycles. The van der Waals surface area contributed by atoms with E-state index in [2.05, 4.69) is 0 Å². The Morgan fingerprint density at radius 1 is 1.14 bits per heavy atom. The standard InChI is InChI=1S/C16H16ClN3O/c17-14-12-3-1-2-4-13(12)20(15(14)16(19)21)11-7-5-10(9-18)6-8-11/h1-8,14-15H,9,18H2,(H2,19,21). The molecule has 0 aromatic heterocycles.